The molecule has 0 saturated carbocycles. The van der Waals surface area contributed by atoms with Crippen LogP contribution in [-0.2, 0) is 11.2 Å². The Morgan fingerprint density at radius 1 is 1.50 bits per heavy atom. The quantitative estimate of drug-likeness (QED) is 0.450. The van der Waals surface area contributed by atoms with Gasteiger partial charge in [0.25, 0.3) is 0 Å². The van der Waals surface area contributed by atoms with Gasteiger partial charge in [-0.2, -0.15) is 5.26 Å². The number of hydrogen-bond donors (Lipinski definition) is 2. The maximum Gasteiger partial charge on any atom is 0.234 e. The van der Waals surface area contributed by atoms with Gasteiger partial charge in [-0.25, -0.2) is 5.84 Å². The first-order valence-corrected chi connectivity index (χ1v) is 5.77. The fourth-order valence-corrected chi connectivity index (χ4v) is 1.47. The molecule has 1 unspecified atom stereocenters. The molecule has 0 radical (unpaired) electrons. The lowest BCUT2D eigenvalue weighted by molar-refractivity contribution is -0.121. The third-order valence-electron chi connectivity index (χ3n) is 2.48. The largest absolute Gasteiger partial charge is 0.491 e. The van der Waals surface area contributed by atoms with Gasteiger partial charge in [-0.1, -0.05) is 12.1 Å². The molecule has 0 aliphatic rings. The molecule has 5 nitrogen and oxygen atoms in total. The molecule has 0 spiro atoms. The standard InChI is InChI=1S/C13H17N3O2/c1-10(2-7-13(17)16-15)18-12-5-3-11(4-6-12)8-9-14/h3-6,10H,2,7-8,15H2,1H3,(H,16,17). The van der Waals surface area contributed by atoms with Crippen LogP contribution < -0.4 is 16.0 Å². The molecular formula is C13H17N3O2. The summed E-state index contributed by atoms with van der Waals surface area (Å²) in [5, 5.41) is 8.55. The van der Waals surface area contributed by atoms with Crippen LogP contribution in [0.15, 0.2) is 24.3 Å². The molecule has 1 aromatic rings. The van der Waals surface area contributed by atoms with Gasteiger partial charge in [-0.3, -0.25) is 10.2 Å². The van der Waals surface area contributed by atoms with E-state index in [-0.39, 0.29) is 12.0 Å². The molecule has 1 atom stereocenters. The van der Waals surface area contributed by atoms with Gasteiger partial charge in [-0.15, -0.1) is 0 Å². The Hall–Kier alpha value is -2.06. The second-order valence-corrected chi connectivity index (χ2v) is 4.01. The minimum atomic E-state index is -0.199. The molecule has 0 heterocycles. The highest BCUT2D eigenvalue weighted by molar-refractivity contribution is 5.75. The molecule has 0 aliphatic carbocycles. The molecule has 1 amide bonds. The Kier molecular flexibility index (Phi) is 5.68. The summed E-state index contributed by atoms with van der Waals surface area (Å²) in [4.78, 5) is 11.0. The number of amides is 1. The second kappa shape index (κ2) is 7.30. The molecule has 0 saturated heterocycles. The van der Waals surface area contributed by atoms with Crippen molar-refractivity contribution in [2.45, 2.75) is 32.3 Å². The lowest BCUT2D eigenvalue weighted by Crippen LogP contribution is -2.30. The average Bonchev–Trinajstić information content (AvgIpc) is 2.38. The van der Waals surface area contributed by atoms with Gasteiger partial charge in [0.2, 0.25) is 5.91 Å². The van der Waals surface area contributed by atoms with E-state index in [1.807, 2.05) is 31.2 Å². The maximum absolute atomic E-state index is 11.0. The summed E-state index contributed by atoms with van der Waals surface area (Å²) < 4.78 is 5.64. The predicted molar refractivity (Wildman–Crippen MR) is 67.4 cm³/mol. The Balaban J connectivity index is 2.42. The van der Waals surface area contributed by atoms with E-state index in [0.717, 1.165) is 11.3 Å². The van der Waals surface area contributed by atoms with Gasteiger partial charge in [0, 0.05) is 6.42 Å². The third kappa shape index (κ3) is 4.85. The number of rotatable bonds is 6. The first kappa shape index (κ1) is 14.0. The Labute approximate surface area is 107 Å². The number of carbonyl (C=O) groups is 1. The SMILES string of the molecule is CC(CCC(=O)NN)Oc1ccc(CC#N)cc1. The number of nitrogens with one attached hydrogen (secondary N) is 1. The highest BCUT2D eigenvalue weighted by Gasteiger charge is 2.07. The van der Waals surface area contributed by atoms with E-state index in [4.69, 9.17) is 15.8 Å². The molecule has 0 aliphatic heterocycles. The van der Waals surface area contributed by atoms with Crippen molar-refractivity contribution in [3.8, 4) is 11.8 Å². The lowest BCUT2D eigenvalue weighted by atomic mass is 10.1. The van der Waals surface area contributed by atoms with Crippen LogP contribution in [0.2, 0.25) is 0 Å². The van der Waals surface area contributed by atoms with Gasteiger partial charge in [-0.05, 0) is 31.0 Å². The van der Waals surface area contributed by atoms with Gasteiger partial charge >= 0.3 is 0 Å². The van der Waals surface area contributed by atoms with Crippen LogP contribution in [0.25, 0.3) is 0 Å². The zero-order valence-electron chi connectivity index (χ0n) is 10.3. The van der Waals surface area contributed by atoms with Gasteiger partial charge < -0.3 is 4.74 Å². The number of hydrazine groups is 1. The summed E-state index contributed by atoms with van der Waals surface area (Å²) in [5.74, 6) is 5.52. The van der Waals surface area contributed by atoms with Crippen LogP contribution in [0.1, 0.15) is 25.3 Å². The molecule has 18 heavy (non-hydrogen) atoms. The zero-order chi connectivity index (χ0) is 13.4. The molecule has 1 rings (SSSR count). The summed E-state index contributed by atoms with van der Waals surface area (Å²) in [6.07, 6.45) is 1.27. The van der Waals surface area contributed by atoms with Crippen molar-refractivity contribution >= 4 is 5.91 Å². The highest BCUT2D eigenvalue weighted by Crippen LogP contribution is 2.15. The zero-order valence-corrected chi connectivity index (χ0v) is 10.3. The van der Waals surface area contributed by atoms with Crippen molar-refractivity contribution in [2.24, 2.45) is 5.84 Å². The molecule has 0 fully saturated rings. The average molecular weight is 247 g/mol. The monoisotopic (exact) mass is 247 g/mol. The summed E-state index contributed by atoms with van der Waals surface area (Å²) in [7, 11) is 0. The molecular weight excluding hydrogens is 230 g/mol. The van der Waals surface area contributed by atoms with Crippen LogP contribution in [0.5, 0.6) is 5.75 Å². The topological polar surface area (TPSA) is 88.1 Å². The molecule has 5 heteroatoms. The first-order valence-electron chi connectivity index (χ1n) is 5.77. The summed E-state index contributed by atoms with van der Waals surface area (Å²) >= 11 is 0. The molecule has 3 N–H and O–H groups in total. The van der Waals surface area contributed by atoms with Gasteiger partial charge in [0.15, 0.2) is 0 Å². The normalized spacial score (nSPS) is 11.4. The van der Waals surface area contributed by atoms with E-state index >= 15 is 0 Å². The lowest BCUT2D eigenvalue weighted by Gasteiger charge is -2.14. The summed E-state index contributed by atoms with van der Waals surface area (Å²) in [6, 6.07) is 9.46. The predicted octanol–water partition coefficient (Wildman–Crippen LogP) is 1.29. The van der Waals surface area contributed by atoms with Crippen molar-refractivity contribution in [3.05, 3.63) is 29.8 Å². The van der Waals surface area contributed by atoms with E-state index < -0.39 is 0 Å². The van der Waals surface area contributed by atoms with Crippen LogP contribution in [0, 0.1) is 11.3 Å². The van der Waals surface area contributed by atoms with Crippen molar-refractivity contribution in [1.82, 2.24) is 5.43 Å². The summed E-state index contributed by atoms with van der Waals surface area (Å²) in [5.41, 5.74) is 3.04. The number of benzene rings is 1. The van der Waals surface area contributed by atoms with Crippen LogP contribution >= 0.6 is 0 Å². The van der Waals surface area contributed by atoms with Crippen molar-refractivity contribution < 1.29 is 9.53 Å². The van der Waals surface area contributed by atoms with E-state index in [2.05, 4.69) is 11.5 Å². The maximum atomic E-state index is 11.0. The van der Waals surface area contributed by atoms with E-state index in [9.17, 15) is 4.79 Å². The van der Waals surface area contributed by atoms with Crippen LogP contribution in [0.3, 0.4) is 0 Å². The number of nitrogens with zero attached hydrogens (tertiary/aromatic N) is 1. The van der Waals surface area contributed by atoms with Crippen LogP contribution in [0.4, 0.5) is 0 Å². The third-order valence-corrected chi connectivity index (χ3v) is 2.48. The van der Waals surface area contributed by atoms with E-state index in [1.54, 1.807) is 0 Å². The van der Waals surface area contributed by atoms with E-state index in [0.29, 0.717) is 19.3 Å². The Bertz CT molecular complexity index is 423. The minimum absolute atomic E-state index is 0.0656. The first-order chi connectivity index (χ1) is 8.65. The smallest absolute Gasteiger partial charge is 0.234 e. The number of nitrogens with two attached hydrogens (primary N) is 1. The second-order valence-electron chi connectivity index (χ2n) is 4.01. The molecule has 1 aromatic carbocycles. The Morgan fingerprint density at radius 3 is 2.72 bits per heavy atom. The number of ether oxygens (including phenoxy) is 1. The number of hydrogen-bond acceptors (Lipinski definition) is 4. The van der Waals surface area contributed by atoms with Gasteiger partial charge in [0.05, 0.1) is 18.6 Å². The van der Waals surface area contributed by atoms with E-state index in [1.165, 1.54) is 0 Å². The van der Waals surface area contributed by atoms with Crippen LogP contribution in [-0.4, -0.2) is 12.0 Å². The molecule has 96 valence electrons. The highest BCUT2D eigenvalue weighted by atomic mass is 16.5. The Morgan fingerprint density at radius 2 is 2.17 bits per heavy atom. The molecule has 0 bridgehead atoms. The van der Waals surface area contributed by atoms with Gasteiger partial charge in [0.1, 0.15) is 5.75 Å². The van der Waals surface area contributed by atoms with Crippen molar-refractivity contribution in [1.29, 1.82) is 5.26 Å². The van der Waals surface area contributed by atoms with Crippen molar-refractivity contribution in [2.75, 3.05) is 0 Å². The number of carbonyl (C=O) groups excluding carboxylic acids is 1. The number of nitriles is 1. The summed E-state index contributed by atoms with van der Waals surface area (Å²) in [6.45, 7) is 1.90. The molecule has 0 aromatic heterocycles. The fraction of sp³-hybridized carbons (Fsp3) is 0.385. The minimum Gasteiger partial charge on any atom is -0.491 e. The fourth-order valence-electron chi connectivity index (χ4n) is 1.47. The van der Waals surface area contributed by atoms with Crippen molar-refractivity contribution in [3.63, 3.8) is 0 Å².